The van der Waals surface area contributed by atoms with Crippen LogP contribution in [-0.4, -0.2) is 78.8 Å². The third-order valence-corrected chi connectivity index (χ3v) is 8.17. The normalized spacial score (nSPS) is 15.2. The second-order valence-electron chi connectivity index (χ2n) is 11.6. The van der Waals surface area contributed by atoms with Gasteiger partial charge in [-0.25, -0.2) is 13.2 Å². The van der Waals surface area contributed by atoms with Crippen LogP contribution in [0.4, 0.5) is 24.5 Å². The minimum absolute atomic E-state index is 0.0532. The van der Waals surface area contributed by atoms with Crippen molar-refractivity contribution in [3.05, 3.63) is 135 Å². The number of aromatic nitrogens is 4. The molecule has 0 aliphatic carbocycles. The van der Waals surface area contributed by atoms with Gasteiger partial charge in [-0.3, -0.25) is 24.5 Å². The summed E-state index contributed by atoms with van der Waals surface area (Å²) in [4.78, 5) is 52.8. The first-order valence-corrected chi connectivity index (χ1v) is 15.5. The van der Waals surface area contributed by atoms with Crippen molar-refractivity contribution in [3.63, 3.8) is 0 Å². The zero-order valence-electron chi connectivity index (χ0n) is 26.7. The number of nitrogens with zero attached hydrogens (tertiary/aromatic N) is 5. The molecule has 1 aliphatic heterocycles. The Morgan fingerprint density at radius 2 is 1.73 bits per heavy atom. The molecule has 4 N–H and O–H groups in total. The number of carbonyl (C=O) groups is 3. The number of hydrogen-bond donors (Lipinski definition) is 4. The van der Waals surface area contributed by atoms with E-state index in [-0.39, 0.29) is 48.0 Å². The van der Waals surface area contributed by atoms with Crippen LogP contribution in [-0.2, 0) is 16.0 Å². The first-order chi connectivity index (χ1) is 25.0. The van der Waals surface area contributed by atoms with Gasteiger partial charge in [0.25, 0.3) is 23.4 Å². The minimum atomic E-state index is -1.85. The highest BCUT2D eigenvalue weighted by molar-refractivity contribution is 6.01. The van der Waals surface area contributed by atoms with Crippen LogP contribution in [0.25, 0.3) is 11.4 Å². The van der Waals surface area contributed by atoms with E-state index in [0.717, 1.165) is 23.1 Å². The van der Waals surface area contributed by atoms with Gasteiger partial charge in [0, 0.05) is 34.5 Å². The van der Waals surface area contributed by atoms with E-state index in [1.165, 1.54) is 0 Å². The number of benzene rings is 4. The fourth-order valence-corrected chi connectivity index (χ4v) is 5.60. The highest BCUT2D eigenvalue weighted by Gasteiger charge is 2.35. The number of rotatable bonds is 11. The zero-order chi connectivity index (χ0) is 36.9. The van der Waals surface area contributed by atoms with Gasteiger partial charge in [-0.05, 0) is 53.1 Å². The van der Waals surface area contributed by atoms with Crippen LogP contribution in [0.3, 0.4) is 0 Å². The monoisotopic (exact) mass is 716 g/mol. The average molecular weight is 717 g/mol. The van der Waals surface area contributed by atoms with Crippen LogP contribution in [0, 0.1) is 27.6 Å². The van der Waals surface area contributed by atoms with E-state index in [4.69, 9.17) is 4.74 Å². The highest BCUT2D eigenvalue weighted by Crippen LogP contribution is 2.31. The van der Waals surface area contributed by atoms with Crippen LogP contribution in [0.5, 0.6) is 0 Å². The lowest BCUT2D eigenvalue weighted by molar-refractivity contribution is -0.384. The number of amides is 3. The van der Waals surface area contributed by atoms with E-state index in [0.29, 0.717) is 23.3 Å². The number of nitro benzene ring substituents is 1. The number of nitro groups is 1. The summed E-state index contributed by atoms with van der Waals surface area (Å²) in [6.07, 6.45) is -1.90. The standard InChI is InChI=1S/C34H27F3N8O7/c35-25-14-20(15-26(36)29(25)37)28-16-52-17-44(28)34(49)22-10-21(12-24(13-22)45(50)51)32(47)39-27(9-18-5-2-1-3-6-18)30(46)33(48)38-23-8-4-7-19(11-23)31-40-42-43-41-31/h1-8,10-15,27-28,30,46H,9,16-17H2,(H,38,48)(H,39,47)(H,40,41,42,43)/t27-,28+,30-/m0/s1. The predicted molar refractivity (Wildman–Crippen MR) is 175 cm³/mol. The summed E-state index contributed by atoms with van der Waals surface area (Å²) in [6.45, 7) is -0.603. The minimum Gasteiger partial charge on any atom is -0.381 e. The molecule has 2 heterocycles. The summed E-state index contributed by atoms with van der Waals surface area (Å²) in [5, 5.41) is 41.9. The number of non-ortho nitro benzene ring substituents is 1. The average Bonchev–Trinajstić information content (AvgIpc) is 3.87. The number of aliphatic hydroxyl groups is 1. The SMILES string of the molecule is O=C(N[C@@H](Cc1ccccc1)[C@H](O)C(=O)Nc1cccc(-c2nn[nH]n2)c1)c1cc(C(=O)N2COC[C@@H]2c2cc(F)c(F)c(F)c2)cc([N+](=O)[O-])c1. The fourth-order valence-electron chi connectivity index (χ4n) is 5.60. The maximum absolute atomic E-state index is 14.0. The van der Waals surface area contributed by atoms with E-state index in [1.807, 2.05) is 0 Å². The highest BCUT2D eigenvalue weighted by atomic mass is 19.2. The number of halogens is 3. The third kappa shape index (κ3) is 7.77. The van der Waals surface area contributed by atoms with Gasteiger partial charge in [0.15, 0.2) is 23.6 Å². The molecule has 4 aromatic carbocycles. The number of tetrazole rings is 1. The van der Waals surface area contributed by atoms with E-state index in [2.05, 4.69) is 31.3 Å². The maximum atomic E-state index is 14.0. The molecule has 0 saturated carbocycles. The predicted octanol–water partition coefficient (Wildman–Crippen LogP) is 3.70. The molecule has 3 amide bonds. The van der Waals surface area contributed by atoms with Crippen LogP contribution in [0.2, 0.25) is 0 Å². The van der Waals surface area contributed by atoms with Crippen LogP contribution >= 0.6 is 0 Å². The summed E-state index contributed by atoms with van der Waals surface area (Å²) in [5.41, 5.74) is -0.0799. The van der Waals surface area contributed by atoms with Crippen LogP contribution < -0.4 is 10.6 Å². The van der Waals surface area contributed by atoms with Crippen molar-refractivity contribution < 1.29 is 42.3 Å². The molecule has 1 aliphatic rings. The molecule has 0 radical (unpaired) electrons. The Kier molecular flexibility index (Phi) is 10.3. The summed E-state index contributed by atoms with van der Waals surface area (Å²) in [5.74, 6) is -7.17. The van der Waals surface area contributed by atoms with E-state index in [9.17, 15) is 42.8 Å². The molecule has 18 heteroatoms. The van der Waals surface area contributed by atoms with E-state index in [1.54, 1.807) is 54.6 Å². The number of nitrogens with one attached hydrogen (secondary N) is 3. The lowest BCUT2D eigenvalue weighted by Crippen LogP contribution is -2.50. The molecule has 5 aromatic rings. The maximum Gasteiger partial charge on any atom is 0.271 e. The first-order valence-electron chi connectivity index (χ1n) is 15.5. The number of ether oxygens (including phenoxy) is 1. The van der Waals surface area contributed by atoms with Crippen molar-refractivity contribution in [1.29, 1.82) is 0 Å². The summed E-state index contributed by atoms with van der Waals surface area (Å²) >= 11 is 0. The Hall–Kier alpha value is -6.53. The Bertz CT molecular complexity index is 2120. The molecule has 6 rings (SSSR count). The molecule has 1 aromatic heterocycles. The molecule has 1 fully saturated rings. The molecular formula is C34H27F3N8O7. The van der Waals surface area contributed by atoms with E-state index >= 15 is 0 Å². The van der Waals surface area contributed by atoms with Crippen LogP contribution in [0.1, 0.15) is 37.9 Å². The van der Waals surface area contributed by atoms with Gasteiger partial charge in [0.05, 0.1) is 23.6 Å². The zero-order valence-corrected chi connectivity index (χ0v) is 26.7. The summed E-state index contributed by atoms with van der Waals surface area (Å²) < 4.78 is 47.0. The Labute approximate surface area is 291 Å². The van der Waals surface area contributed by atoms with Gasteiger partial charge in [-0.2, -0.15) is 5.21 Å². The largest absolute Gasteiger partial charge is 0.381 e. The first kappa shape index (κ1) is 35.3. The number of H-pyrrole nitrogens is 1. The molecule has 0 spiro atoms. The molecule has 15 nitrogen and oxygen atoms in total. The van der Waals surface area contributed by atoms with Gasteiger partial charge in [-0.1, -0.05) is 42.5 Å². The number of carbonyl (C=O) groups excluding carboxylic acids is 3. The number of anilines is 1. The lowest BCUT2D eigenvalue weighted by Gasteiger charge is -2.25. The van der Waals surface area contributed by atoms with Gasteiger partial charge in [-0.15, -0.1) is 10.2 Å². The molecule has 52 heavy (non-hydrogen) atoms. The lowest BCUT2D eigenvalue weighted by atomic mass is 9.99. The second kappa shape index (κ2) is 15.2. The van der Waals surface area contributed by atoms with Gasteiger partial charge in [0.1, 0.15) is 6.73 Å². The molecule has 266 valence electrons. The topological polar surface area (TPSA) is 206 Å². The Balaban J connectivity index is 1.26. The Morgan fingerprint density at radius 1 is 1.00 bits per heavy atom. The molecule has 3 atom stereocenters. The van der Waals surface area contributed by atoms with Crippen molar-refractivity contribution in [2.24, 2.45) is 0 Å². The molecule has 0 unspecified atom stereocenters. The van der Waals surface area contributed by atoms with E-state index < -0.39 is 64.0 Å². The number of aromatic amines is 1. The van der Waals surface area contributed by atoms with Crippen molar-refractivity contribution in [3.8, 4) is 11.4 Å². The number of hydrogen-bond acceptors (Lipinski definition) is 10. The van der Waals surface area contributed by atoms with Crippen molar-refractivity contribution >= 4 is 29.1 Å². The molecule has 1 saturated heterocycles. The van der Waals surface area contributed by atoms with Crippen LogP contribution in [0.15, 0.2) is 84.9 Å². The van der Waals surface area contributed by atoms with Crippen molar-refractivity contribution in [2.45, 2.75) is 24.6 Å². The van der Waals surface area contributed by atoms with Gasteiger partial charge >= 0.3 is 0 Å². The summed E-state index contributed by atoms with van der Waals surface area (Å²) in [7, 11) is 0. The van der Waals surface area contributed by atoms with Gasteiger partial charge < -0.3 is 25.4 Å². The van der Waals surface area contributed by atoms with Crippen molar-refractivity contribution in [2.75, 3.05) is 18.7 Å². The second-order valence-corrected chi connectivity index (χ2v) is 11.6. The molecule has 0 bridgehead atoms. The number of aliphatic hydroxyl groups excluding tert-OH is 1. The smallest absolute Gasteiger partial charge is 0.271 e. The van der Waals surface area contributed by atoms with Crippen molar-refractivity contribution in [1.82, 2.24) is 30.8 Å². The third-order valence-electron chi connectivity index (χ3n) is 8.17. The summed E-state index contributed by atoms with van der Waals surface area (Å²) in [6, 6.07) is 16.9. The molecular weight excluding hydrogens is 689 g/mol. The Morgan fingerprint density at radius 3 is 2.42 bits per heavy atom. The quantitative estimate of drug-likeness (QED) is 0.0886. The fraction of sp³-hybridized carbons (Fsp3) is 0.176. The van der Waals surface area contributed by atoms with Gasteiger partial charge in [0.2, 0.25) is 5.82 Å².